The van der Waals surface area contributed by atoms with Gasteiger partial charge in [-0.3, -0.25) is 4.72 Å². The molecule has 20 heavy (non-hydrogen) atoms. The van der Waals surface area contributed by atoms with Crippen molar-refractivity contribution in [2.45, 2.75) is 18.9 Å². The van der Waals surface area contributed by atoms with Gasteiger partial charge in [-0.2, -0.15) is 0 Å². The normalized spacial score (nSPS) is 18.9. The van der Waals surface area contributed by atoms with Crippen molar-refractivity contribution >= 4 is 44.5 Å². The van der Waals surface area contributed by atoms with E-state index in [-0.39, 0.29) is 22.5 Å². The zero-order valence-corrected chi connectivity index (χ0v) is 13.0. The molecule has 3 N–H and O–H groups in total. The van der Waals surface area contributed by atoms with Crippen LogP contribution in [0.2, 0.25) is 5.02 Å². The Labute approximate surface area is 128 Å². The van der Waals surface area contributed by atoms with Gasteiger partial charge < -0.3 is 10.5 Å². The minimum atomic E-state index is -3.53. The summed E-state index contributed by atoms with van der Waals surface area (Å²) in [6.45, 7) is 0.609. The maximum absolute atomic E-state index is 12.1. The molecule has 1 aromatic carbocycles. The monoisotopic (exact) mass is 334 g/mol. The lowest BCUT2D eigenvalue weighted by Crippen LogP contribution is -2.26. The molecule has 0 radical (unpaired) electrons. The van der Waals surface area contributed by atoms with Crippen LogP contribution in [0.25, 0.3) is 0 Å². The van der Waals surface area contributed by atoms with Gasteiger partial charge in [-0.05, 0) is 25.0 Å². The van der Waals surface area contributed by atoms with Crippen LogP contribution in [0.15, 0.2) is 18.2 Å². The van der Waals surface area contributed by atoms with E-state index in [0.717, 1.165) is 12.8 Å². The molecular formula is C12H15ClN2O3S2. The van der Waals surface area contributed by atoms with Crippen LogP contribution in [0.4, 0.5) is 5.69 Å². The molecule has 1 aromatic rings. The maximum Gasteiger partial charge on any atom is 0.235 e. The van der Waals surface area contributed by atoms with Crippen molar-refractivity contribution in [3.05, 3.63) is 28.8 Å². The first-order valence-corrected chi connectivity index (χ1v) is 8.53. The molecule has 1 heterocycles. The third-order valence-electron chi connectivity index (χ3n) is 2.95. The maximum atomic E-state index is 12.1. The number of hydrogen-bond acceptors (Lipinski definition) is 4. The number of halogens is 1. The second-order valence-electron chi connectivity index (χ2n) is 4.58. The van der Waals surface area contributed by atoms with E-state index in [9.17, 15) is 8.42 Å². The Morgan fingerprint density at radius 2 is 2.30 bits per heavy atom. The van der Waals surface area contributed by atoms with Crippen LogP contribution in [-0.2, 0) is 14.8 Å². The fraction of sp³-hybridized carbons (Fsp3) is 0.417. The number of rotatable bonds is 5. The Balaban J connectivity index is 2.15. The lowest BCUT2D eigenvalue weighted by Gasteiger charge is -2.13. The summed E-state index contributed by atoms with van der Waals surface area (Å²) in [6.07, 6.45) is 1.38. The molecule has 5 nitrogen and oxygen atoms in total. The Kier molecular flexibility index (Phi) is 4.85. The molecule has 1 saturated heterocycles. The van der Waals surface area contributed by atoms with Crippen molar-refractivity contribution in [3.63, 3.8) is 0 Å². The second kappa shape index (κ2) is 6.26. The minimum Gasteiger partial charge on any atom is -0.389 e. The summed E-state index contributed by atoms with van der Waals surface area (Å²) in [4.78, 5) is 0.182. The zero-order chi connectivity index (χ0) is 14.8. The first-order chi connectivity index (χ1) is 9.37. The van der Waals surface area contributed by atoms with Crippen molar-refractivity contribution in [1.29, 1.82) is 0 Å². The average molecular weight is 335 g/mol. The van der Waals surface area contributed by atoms with Gasteiger partial charge in [-0.1, -0.05) is 29.9 Å². The predicted molar refractivity (Wildman–Crippen MR) is 83.7 cm³/mol. The lowest BCUT2D eigenvalue weighted by molar-refractivity contribution is 0.127. The molecular weight excluding hydrogens is 320 g/mol. The summed E-state index contributed by atoms with van der Waals surface area (Å²) in [7, 11) is -3.53. The molecule has 1 aliphatic rings. The summed E-state index contributed by atoms with van der Waals surface area (Å²) in [6, 6.07) is 4.72. The van der Waals surface area contributed by atoms with E-state index in [1.807, 2.05) is 0 Å². The van der Waals surface area contributed by atoms with Gasteiger partial charge in [0.25, 0.3) is 0 Å². The highest BCUT2D eigenvalue weighted by atomic mass is 35.5. The van der Waals surface area contributed by atoms with E-state index < -0.39 is 10.0 Å². The third kappa shape index (κ3) is 4.05. The standard InChI is InChI=1S/C12H15ClN2O3S2/c13-10-4-3-8(12(14)19)6-11(10)15-20(16,17)7-9-2-1-5-18-9/h3-4,6,9,15H,1-2,5,7H2,(H2,14,19). The molecule has 0 aromatic heterocycles. The molecule has 1 aliphatic heterocycles. The van der Waals surface area contributed by atoms with Crippen molar-refractivity contribution < 1.29 is 13.2 Å². The van der Waals surface area contributed by atoms with Crippen molar-refractivity contribution in [2.24, 2.45) is 5.73 Å². The van der Waals surface area contributed by atoms with E-state index in [4.69, 9.17) is 34.3 Å². The number of anilines is 1. The first-order valence-electron chi connectivity index (χ1n) is 6.09. The lowest BCUT2D eigenvalue weighted by atomic mass is 10.2. The molecule has 0 bridgehead atoms. The van der Waals surface area contributed by atoms with Crippen LogP contribution in [-0.4, -0.2) is 31.9 Å². The Bertz CT molecular complexity index is 613. The van der Waals surface area contributed by atoms with Crippen LogP contribution in [0, 0.1) is 0 Å². The van der Waals surface area contributed by atoms with Gasteiger partial charge >= 0.3 is 0 Å². The van der Waals surface area contributed by atoms with Gasteiger partial charge in [0.1, 0.15) is 4.99 Å². The fourth-order valence-electron chi connectivity index (χ4n) is 1.99. The van der Waals surface area contributed by atoms with Crippen LogP contribution in [0.3, 0.4) is 0 Å². The number of nitrogens with two attached hydrogens (primary N) is 1. The number of ether oxygens (including phenoxy) is 1. The summed E-state index contributed by atoms with van der Waals surface area (Å²) < 4.78 is 31.9. The molecule has 8 heteroatoms. The van der Waals surface area contributed by atoms with Gasteiger partial charge in [0, 0.05) is 12.2 Å². The molecule has 0 aliphatic carbocycles. The van der Waals surface area contributed by atoms with Crippen LogP contribution in [0.5, 0.6) is 0 Å². The summed E-state index contributed by atoms with van der Waals surface area (Å²) in [5.74, 6) is -0.0827. The summed E-state index contributed by atoms with van der Waals surface area (Å²) in [5.41, 5.74) is 6.35. The SMILES string of the molecule is NC(=S)c1ccc(Cl)c(NS(=O)(=O)CC2CCCO2)c1. The van der Waals surface area contributed by atoms with Gasteiger partial charge in [-0.15, -0.1) is 0 Å². The van der Waals surface area contributed by atoms with E-state index in [2.05, 4.69) is 4.72 Å². The van der Waals surface area contributed by atoms with Gasteiger partial charge in [0.15, 0.2) is 0 Å². The van der Waals surface area contributed by atoms with Crippen LogP contribution >= 0.6 is 23.8 Å². The average Bonchev–Trinajstić information content (AvgIpc) is 2.83. The van der Waals surface area contributed by atoms with Crippen molar-refractivity contribution in [2.75, 3.05) is 17.1 Å². The molecule has 1 atom stereocenters. The van der Waals surface area contributed by atoms with Crippen LogP contribution < -0.4 is 10.5 Å². The van der Waals surface area contributed by atoms with E-state index in [1.165, 1.54) is 6.07 Å². The summed E-state index contributed by atoms with van der Waals surface area (Å²) in [5, 5.41) is 0.293. The highest BCUT2D eigenvalue weighted by Crippen LogP contribution is 2.25. The zero-order valence-electron chi connectivity index (χ0n) is 10.6. The largest absolute Gasteiger partial charge is 0.389 e. The number of sulfonamides is 1. The van der Waals surface area contributed by atoms with Gasteiger partial charge in [0.2, 0.25) is 10.0 Å². The number of benzene rings is 1. The minimum absolute atomic E-state index is 0.0827. The van der Waals surface area contributed by atoms with E-state index in [1.54, 1.807) is 12.1 Å². The highest BCUT2D eigenvalue weighted by molar-refractivity contribution is 7.92. The van der Waals surface area contributed by atoms with Gasteiger partial charge in [0.05, 0.1) is 22.6 Å². The van der Waals surface area contributed by atoms with E-state index >= 15 is 0 Å². The molecule has 110 valence electrons. The Hall–Kier alpha value is -0.890. The molecule has 2 rings (SSSR count). The fourth-order valence-corrected chi connectivity index (χ4v) is 3.67. The Morgan fingerprint density at radius 1 is 1.55 bits per heavy atom. The number of thiocarbonyl (C=S) groups is 1. The highest BCUT2D eigenvalue weighted by Gasteiger charge is 2.23. The number of nitrogens with one attached hydrogen (secondary N) is 1. The first kappa shape index (κ1) is 15.5. The van der Waals surface area contributed by atoms with Gasteiger partial charge in [-0.25, -0.2) is 8.42 Å². The number of hydrogen-bond donors (Lipinski definition) is 2. The predicted octanol–water partition coefficient (Wildman–Crippen LogP) is 1.89. The van der Waals surface area contributed by atoms with Crippen molar-refractivity contribution in [3.8, 4) is 0 Å². The van der Waals surface area contributed by atoms with Crippen molar-refractivity contribution in [1.82, 2.24) is 0 Å². The molecule has 0 saturated carbocycles. The quantitative estimate of drug-likeness (QED) is 0.804. The smallest absolute Gasteiger partial charge is 0.235 e. The molecule has 1 unspecified atom stereocenters. The topological polar surface area (TPSA) is 81.4 Å². The summed E-state index contributed by atoms with van der Waals surface area (Å²) >= 11 is 10.8. The molecule has 0 spiro atoms. The third-order valence-corrected chi connectivity index (χ3v) is 4.85. The van der Waals surface area contributed by atoms with E-state index in [0.29, 0.717) is 17.2 Å². The molecule has 0 amide bonds. The Morgan fingerprint density at radius 3 is 2.90 bits per heavy atom. The molecule has 1 fully saturated rings. The van der Waals surface area contributed by atoms with Crippen LogP contribution in [0.1, 0.15) is 18.4 Å². The second-order valence-corrected chi connectivity index (χ2v) is 7.19.